The number of likely N-dealkylation sites (tertiary alicyclic amines) is 1. The van der Waals surface area contributed by atoms with Gasteiger partial charge in [-0.25, -0.2) is 0 Å². The molecule has 1 aliphatic heterocycles. The zero-order chi connectivity index (χ0) is 15.0. The van der Waals surface area contributed by atoms with Gasteiger partial charge in [-0.3, -0.25) is 14.7 Å². The molecule has 1 saturated heterocycles. The fraction of sp³-hybridized carbons (Fsp3) is 0.857. The molecule has 1 fully saturated rings. The number of guanidine groups is 1. The van der Waals surface area contributed by atoms with E-state index in [-0.39, 0.29) is 11.8 Å². The second-order valence-electron chi connectivity index (χ2n) is 5.52. The van der Waals surface area contributed by atoms with E-state index < -0.39 is 0 Å². The number of nitrogens with two attached hydrogens (primary N) is 1. The van der Waals surface area contributed by atoms with E-state index in [0.29, 0.717) is 25.1 Å². The highest BCUT2D eigenvalue weighted by atomic mass is 16.1. The number of aliphatic imine (C=N–C) groups is 1. The van der Waals surface area contributed by atoms with Crippen LogP contribution in [-0.2, 0) is 4.79 Å². The van der Waals surface area contributed by atoms with Crippen LogP contribution in [0, 0.1) is 5.92 Å². The molecule has 1 heterocycles. The normalized spacial score (nSPS) is 20.4. The first-order valence-corrected chi connectivity index (χ1v) is 7.60. The fourth-order valence-corrected chi connectivity index (χ4v) is 2.36. The zero-order valence-corrected chi connectivity index (χ0v) is 13.0. The van der Waals surface area contributed by atoms with Crippen molar-refractivity contribution in [2.75, 3.05) is 32.7 Å². The molecule has 0 saturated carbocycles. The monoisotopic (exact) mass is 283 g/mol. The molecule has 1 unspecified atom stereocenters. The van der Waals surface area contributed by atoms with Crippen LogP contribution in [0.1, 0.15) is 33.6 Å². The predicted molar refractivity (Wildman–Crippen MR) is 82.6 cm³/mol. The minimum atomic E-state index is 0.0170. The average molecular weight is 283 g/mol. The molecular weight excluding hydrogens is 254 g/mol. The van der Waals surface area contributed by atoms with Crippen molar-refractivity contribution in [3.8, 4) is 0 Å². The first-order chi connectivity index (χ1) is 9.54. The zero-order valence-electron chi connectivity index (χ0n) is 13.0. The summed E-state index contributed by atoms with van der Waals surface area (Å²) in [7, 11) is 0. The summed E-state index contributed by atoms with van der Waals surface area (Å²) in [6.07, 6.45) is 2.46. The average Bonchev–Trinajstić information content (AvgIpc) is 2.88. The maximum absolute atomic E-state index is 11.4. The Labute approximate surface area is 122 Å². The van der Waals surface area contributed by atoms with Crippen LogP contribution in [0.2, 0.25) is 0 Å². The molecular formula is C14H29N5O. The summed E-state index contributed by atoms with van der Waals surface area (Å²) in [5, 5.41) is 5.86. The van der Waals surface area contributed by atoms with Crippen molar-refractivity contribution in [2.24, 2.45) is 16.6 Å². The number of hydrogen-bond acceptors (Lipinski definition) is 3. The van der Waals surface area contributed by atoms with Crippen LogP contribution in [0.3, 0.4) is 0 Å². The van der Waals surface area contributed by atoms with E-state index >= 15 is 0 Å². The van der Waals surface area contributed by atoms with Gasteiger partial charge in [-0.1, -0.05) is 20.8 Å². The lowest BCUT2D eigenvalue weighted by Crippen LogP contribution is -2.40. The lowest BCUT2D eigenvalue weighted by atomic mass is 10.2. The molecule has 0 bridgehead atoms. The number of likely N-dealkylation sites (N-methyl/N-ethyl adjacent to an activating group) is 1. The number of carbonyl (C=O) groups is 1. The van der Waals surface area contributed by atoms with E-state index in [9.17, 15) is 4.79 Å². The highest BCUT2D eigenvalue weighted by molar-refractivity contribution is 5.79. The van der Waals surface area contributed by atoms with Gasteiger partial charge in [-0.15, -0.1) is 0 Å². The van der Waals surface area contributed by atoms with E-state index in [2.05, 4.69) is 27.4 Å². The van der Waals surface area contributed by atoms with Crippen LogP contribution in [0.25, 0.3) is 0 Å². The molecule has 1 atom stereocenters. The van der Waals surface area contributed by atoms with Crippen molar-refractivity contribution < 1.29 is 4.79 Å². The van der Waals surface area contributed by atoms with Gasteiger partial charge in [-0.2, -0.15) is 0 Å². The van der Waals surface area contributed by atoms with Crippen LogP contribution in [0.4, 0.5) is 0 Å². The van der Waals surface area contributed by atoms with Crippen molar-refractivity contribution in [1.29, 1.82) is 0 Å². The summed E-state index contributed by atoms with van der Waals surface area (Å²) in [6.45, 7) is 10.1. The van der Waals surface area contributed by atoms with Crippen molar-refractivity contribution >= 4 is 11.9 Å². The fourth-order valence-electron chi connectivity index (χ4n) is 2.36. The molecule has 1 aliphatic rings. The van der Waals surface area contributed by atoms with Crippen molar-refractivity contribution in [3.63, 3.8) is 0 Å². The largest absolute Gasteiger partial charge is 0.370 e. The van der Waals surface area contributed by atoms with E-state index in [1.165, 1.54) is 19.4 Å². The van der Waals surface area contributed by atoms with Crippen molar-refractivity contribution in [3.05, 3.63) is 0 Å². The van der Waals surface area contributed by atoms with Crippen molar-refractivity contribution in [2.45, 2.75) is 39.7 Å². The predicted octanol–water partition coefficient (Wildman–Crippen LogP) is 0.147. The van der Waals surface area contributed by atoms with Gasteiger partial charge in [0.15, 0.2) is 5.96 Å². The second-order valence-corrected chi connectivity index (χ2v) is 5.52. The molecule has 6 heteroatoms. The third-order valence-corrected chi connectivity index (χ3v) is 3.63. The summed E-state index contributed by atoms with van der Waals surface area (Å²) in [5.74, 6) is 0.544. The Kier molecular flexibility index (Phi) is 7.36. The third-order valence-electron chi connectivity index (χ3n) is 3.63. The first kappa shape index (κ1) is 16.8. The van der Waals surface area contributed by atoms with Crippen molar-refractivity contribution in [1.82, 2.24) is 15.5 Å². The summed E-state index contributed by atoms with van der Waals surface area (Å²) in [6, 6.07) is 0.529. The topological polar surface area (TPSA) is 82.8 Å². The van der Waals surface area contributed by atoms with Gasteiger partial charge >= 0.3 is 0 Å². The van der Waals surface area contributed by atoms with Crippen LogP contribution < -0.4 is 16.4 Å². The molecule has 4 N–H and O–H groups in total. The highest BCUT2D eigenvalue weighted by Crippen LogP contribution is 2.16. The molecule has 20 heavy (non-hydrogen) atoms. The van der Waals surface area contributed by atoms with E-state index in [1.807, 2.05) is 13.8 Å². The number of nitrogens with one attached hydrogen (secondary N) is 2. The van der Waals surface area contributed by atoms with Gasteiger partial charge in [-0.05, 0) is 25.9 Å². The molecule has 0 aliphatic carbocycles. The Morgan fingerprint density at radius 3 is 2.75 bits per heavy atom. The van der Waals surface area contributed by atoms with Gasteiger partial charge in [0.25, 0.3) is 0 Å². The minimum absolute atomic E-state index is 0.0170. The number of carbonyl (C=O) groups excluding carboxylic acids is 1. The molecule has 0 aromatic carbocycles. The minimum Gasteiger partial charge on any atom is -0.370 e. The molecule has 0 aromatic heterocycles. The molecule has 116 valence electrons. The highest BCUT2D eigenvalue weighted by Gasteiger charge is 2.22. The van der Waals surface area contributed by atoms with E-state index in [0.717, 1.165) is 13.1 Å². The van der Waals surface area contributed by atoms with Gasteiger partial charge in [0.2, 0.25) is 5.91 Å². The lowest BCUT2D eigenvalue weighted by Gasteiger charge is -2.21. The molecule has 1 rings (SSSR count). The number of amides is 1. The smallest absolute Gasteiger partial charge is 0.222 e. The second kappa shape index (κ2) is 8.79. The quantitative estimate of drug-likeness (QED) is 0.353. The Bertz CT molecular complexity index is 330. The van der Waals surface area contributed by atoms with Crippen LogP contribution >= 0.6 is 0 Å². The third kappa shape index (κ3) is 5.77. The van der Waals surface area contributed by atoms with Crippen LogP contribution in [-0.4, -0.2) is 55.5 Å². The summed E-state index contributed by atoms with van der Waals surface area (Å²) < 4.78 is 0. The van der Waals surface area contributed by atoms with E-state index in [4.69, 9.17) is 5.73 Å². The summed E-state index contributed by atoms with van der Waals surface area (Å²) in [5.41, 5.74) is 5.82. The number of rotatable bonds is 7. The van der Waals surface area contributed by atoms with Crippen LogP contribution in [0.5, 0.6) is 0 Å². The Morgan fingerprint density at radius 2 is 2.10 bits per heavy atom. The molecule has 0 aromatic rings. The number of nitrogens with zero attached hydrogens (tertiary/aromatic N) is 2. The SMILES string of the molecule is CCN1CCCC1CN=C(N)NCCNC(=O)C(C)C. The maximum Gasteiger partial charge on any atom is 0.222 e. The van der Waals surface area contributed by atoms with Gasteiger partial charge in [0.1, 0.15) is 0 Å². The molecule has 0 radical (unpaired) electrons. The first-order valence-electron chi connectivity index (χ1n) is 7.60. The molecule has 1 amide bonds. The Hall–Kier alpha value is -1.30. The Balaban J connectivity index is 2.17. The summed E-state index contributed by atoms with van der Waals surface area (Å²) >= 11 is 0. The Morgan fingerprint density at radius 1 is 1.40 bits per heavy atom. The van der Waals surface area contributed by atoms with Gasteiger partial charge < -0.3 is 16.4 Å². The standard InChI is InChI=1S/C14H29N5O/c1-4-19-9-5-6-12(19)10-18-14(15)17-8-7-16-13(20)11(2)3/h11-12H,4-10H2,1-3H3,(H,16,20)(H3,15,17,18). The number of hydrogen-bond donors (Lipinski definition) is 3. The van der Waals surface area contributed by atoms with Gasteiger partial charge in [0, 0.05) is 25.0 Å². The maximum atomic E-state index is 11.4. The molecule has 0 spiro atoms. The summed E-state index contributed by atoms with van der Waals surface area (Å²) in [4.78, 5) is 18.2. The van der Waals surface area contributed by atoms with Crippen LogP contribution in [0.15, 0.2) is 4.99 Å². The molecule has 6 nitrogen and oxygen atoms in total. The lowest BCUT2D eigenvalue weighted by molar-refractivity contribution is -0.123. The van der Waals surface area contributed by atoms with Gasteiger partial charge in [0.05, 0.1) is 6.54 Å². The van der Waals surface area contributed by atoms with E-state index in [1.54, 1.807) is 0 Å².